The lowest BCUT2D eigenvalue weighted by Crippen LogP contribution is -1.94. The third kappa shape index (κ3) is 1.63. The number of aryl methyl sites for hydroxylation is 1. The fourth-order valence-corrected chi connectivity index (χ4v) is 1.60. The molecule has 2 rings (SSSR count). The zero-order valence-corrected chi connectivity index (χ0v) is 9.14. The molecule has 1 aromatic carbocycles. The summed E-state index contributed by atoms with van der Waals surface area (Å²) in [6.45, 7) is 0. The van der Waals surface area contributed by atoms with Crippen molar-refractivity contribution in [2.45, 2.75) is 0 Å². The van der Waals surface area contributed by atoms with Crippen LogP contribution in [0.2, 0.25) is 0 Å². The van der Waals surface area contributed by atoms with E-state index in [1.54, 1.807) is 13.3 Å². The molecule has 80 valence electrons. The van der Waals surface area contributed by atoms with Gasteiger partial charge in [-0.25, -0.2) is 4.98 Å². The van der Waals surface area contributed by atoms with Gasteiger partial charge in [-0.3, -0.25) is 0 Å². The highest BCUT2D eigenvalue weighted by molar-refractivity contribution is 5.65. The minimum Gasteiger partial charge on any atom is -0.496 e. The molecular formula is C12H11N3O. The molecule has 0 amide bonds. The maximum absolute atomic E-state index is 8.79. The minimum absolute atomic E-state index is 0.406. The lowest BCUT2D eigenvalue weighted by molar-refractivity contribution is 0.416. The topological polar surface area (TPSA) is 50.8 Å². The molecule has 2 aromatic rings. The Bertz CT molecular complexity index is 552. The molecule has 0 bridgehead atoms. The van der Waals surface area contributed by atoms with E-state index in [0.29, 0.717) is 5.69 Å². The maximum atomic E-state index is 8.79. The largest absolute Gasteiger partial charge is 0.496 e. The van der Waals surface area contributed by atoms with Gasteiger partial charge in [-0.15, -0.1) is 0 Å². The van der Waals surface area contributed by atoms with Gasteiger partial charge in [0, 0.05) is 13.2 Å². The summed E-state index contributed by atoms with van der Waals surface area (Å²) in [4.78, 5) is 4.23. The molecule has 0 saturated carbocycles. The summed E-state index contributed by atoms with van der Waals surface area (Å²) in [5.74, 6) is 1.48. The molecule has 4 nitrogen and oxygen atoms in total. The van der Waals surface area contributed by atoms with Crippen LogP contribution in [0, 0.1) is 11.3 Å². The average molecular weight is 213 g/mol. The van der Waals surface area contributed by atoms with E-state index in [1.165, 1.54) is 0 Å². The summed E-state index contributed by atoms with van der Waals surface area (Å²) in [6, 6.07) is 9.63. The monoisotopic (exact) mass is 213 g/mol. The highest BCUT2D eigenvalue weighted by Gasteiger charge is 2.11. The van der Waals surface area contributed by atoms with Gasteiger partial charge in [-0.05, 0) is 12.1 Å². The normalized spacial score (nSPS) is 9.81. The molecule has 1 aromatic heterocycles. The van der Waals surface area contributed by atoms with E-state index in [2.05, 4.69) is 4.98 Å². The number of para-hydroxylation sites is 1. The van der Waals surface area contributed by atoms with Gasteiger partial charge in [-0.2, -0.15) is 5.26 Å². The Morgan fingerprint density at radius 1 is 1.38 bits per heavy atom. The third-order valence-corrected chi connectivity index (χ3v) is 2.34. The highest BCUT2D eigenvalue weighted by Crippen LogP contribution is 2.28. The number of ether oxygens (including phenoxy) is 1. The van der Waals surface area contributed by atoms with Crippen molar-refractivity contribution in [2.24, 2.45) is 7.05 Å². The number of imidazole rings is 1. The second kappa shape index (κ2) is 4.07. The summed E-state index contributed by atoms with van der Waals surface area (Å²) >= 11 is 0. The molecule has 16 heavy (non-hydrogen) atoms. The summed E-state index contributed by atoms with van der Waals surface area (Å²) < 4.78 is 7.08. The highest BCUT2D eigenvalue weighted by atomic mass is 16.5. The van der Waals surface area contributed by atoms with Crippen LogP contribution >= 0.6 is 0 Å². The molecular weight excluding hydrogens is 202 g/mol. The van der Waals surface area contributed by atoms with Gasteiger partial charge in [-0.1, -0.05) is 12.1 Å². The molecule has 0 aliphatic heterocycles. The molecule has 0 radical (unpaired) electrons. The van der Waals surface area contributed by atoms with Crippen LogP contribution in [0.5, 0.6) is 5.75 Å². The molecule has 0 N–H and O–H groups in total. The number of hydrogen-bond donors (Lipinski definition) is 0. The van der Waals surface area contributed by atoms with Gasteiger partial charge in [0.2, 0.25) is 0 Å². The number of rotatable bonds is 2. The molecule has 1 heterocycles. The van der Waals surface area contributed by atoms with Crippen LogP contribution in [-0.4, -0.2) is 16.7 Å². The zero-order valence-electron chi connectivity index (χ0n) is 9.14. The smallest absolute Gasteiger partial charge is 0.159 e. The van der Waals surface area contributed by atoms with E-state index < -0.39 is 0 Å². The minimum atomic E-state index is 0.406. The molecule has 0 atom stereocenters. The number of methoxy groups -OCH3 is 1. The van der Waals surface area contributed by atoms with Crippen LogP contribution in [0.4, 0.5) is 0 Å². The summed E-state index contributed by atoms with van der Waals surface area (Å²) in [5, 5.41) is 8.79. The number of aromatic nitrogens is 2. The predicted octanol–water partition coefficient (Wildman–Crippen LogP) is 1.97. The maximum Gasteiger partial charge on any atom is 0.159 e. The Hall–Kier alpha value is -2.28. The summed E-state index contributed by atoms with van der Waals surface area (Å²) in [6.07, 6.45) is 1.70. The Balaban J connectivity index is 2.58. The second-order valence-electron chi connectivity index (χ2n) is 3.37. The molecule has 0 aliphatic rings. The van der Waals surface area contributed by atoms with Gasteiger partial charge in [0.05, 0.1) is 12.7 Å². The molecule has 0 aliphatic carbocycles. The number of nitrogens with zero attached hydrogens (tertiary/aromatic N) is 3. The van der Waals surface area contributed by atoms with Crippen LogP contribution in [0.15, 0.2) is 30.5 Å². The first-order valence-electron chi connectivity index (χ1n) is 4.83. The van der Waals surface area contributed by atoms with Crippen molar-refractivity contribution in [3.8, 4) is 23.2 Å². The quantitative estimate of drug-likeness (QED) is 0.766. The predicted molar refractivity (Wildman–Crippen MR) is 59.9 cm³/mol. The SMILES string of the molecule is COc1ccccc1-c1nc(C#N)cn1C. The zero-order chi connectivity index (χ0) is 11.5. The van der Waals surface area contributed by atoms with Crippen LogP contribution in [0.1, 0.15) is 5.69 Å². The molecule has 0 saturated heterocycles. The Morgan fingerprint density at radius 3 is 2.75 bits per heavy atom. The van der Waals surface area contributed by atoms with Gasteiger partial charge >= 0.3 is 0 Å². The van der Waals surface area contributed by atoms with Gasteiger partial charge in [0.15, 0.2) is 5.69 Å². The van der Waals surface area contributed by atoms with Gasteiger partial charge in [0.25, 0.3) is 0 Å². The van der Waals surface area contributed by atoms with Crippen LogP contribution in [-0.2, 0) is 7.05 Å². The Labute approximate surface area is 93.7 Å². The van der Waals surface area contributed by atoms with Crippen molar-refractivity contribution >= 4 is 0 Å². The van der Waals surface area contributed by atoms with Crippen molar-refractivity contribution < 1.29 is 4.74 Å². The number of nitriles is 1. The number of hydrogen-bond acceptors (Lipinski definition) is 3. The van der Waals surface area contributed by atoms with Crippen LogP contribution < -0.4 is 4.74 Å². The van der Waals surface area contributed by atoms with E-state index in [-0.39, 0.29) is 0 Å². The number of benzene rings is 1. The van der Waals surface area contributed by atoms with Crippen LogP contribution in [0.3, 0.4) is 0 Å². The molecule has 0 spiro atoms. The standard InChI is InChI=1S/C12H11N3O/c1-15-8-9(7-13)14-12(15)10-5-3-4-6-11(10)16-2/h3-6,8H,1-2H3. The summed E-state index contributed by atoms with van der Waals surface area (Å²) in [7, 11) is 3.47. The summed E-state index contributed by atoms with van der Waals surface area (Å²) in [5.41, 5.74) is 1.29. The third-order valence-electron chi connectivity index (χ3n) is 2.34. The first-order chi connectivity index (χ1) is 7.76. The van der Waals surface area contributed by atoms with E-state index >= 15 is 0 Å². The lowest BCUT2D eigenvalue weighted by atomic mass is 10.2. The van der Waals surface area contributed by atoms with E-state index in [1.807, 2.05) is 41.9 Å². The second-order valence-corrected chi connectivity index (χ2v) is 3.37. The Kier molecular flexibility index (Phi) is 2.61. The van der Waals surface area contributed by atoms with Gasteiger partial charge in [0.1, 0.15) is 17.6 Å². The van der Waals surface area contributed by atoms with Gasteiger partial charge < -0.3 is 9.30 Å². The van der Waals surface area contributed by atoms with Crippen molar-refractivity contribution in [1.29, 1.82) is 5.26 Å². The van der Waals surface area contributed by atoms with Crippen molar-refractivity contribution in [3.05, 3.63) is 36.2 Å². The Morgan fingerprint density at radius 2 is 2.12 bits per heavy atom. The van der Waals surface area contributed by atoms with Crippen LogP contribution in [0.25, 0.3) is 11.4 Å². The van der Waals surface area contributed by atoms with Crippen molar-refractivity contribution in [1.82, 2.24) is 9.55 Å². The average Bonchev–Trinajstić information content (AvgIpc) is 2.70. The first-order valence-corrected chi connectivity index (χ1v) is 4.83. The molecule has 0 unspecified atom stereocenters. The molecule has 4 heteroatoms. The van der Waals surface area contributed by atoms with Crippen molar-refractivity contribution in [3.63, 3.8) is 0 Å². The molecule has 0 fully saturated rings. The van der Waals surface area contributed by atoms with E-state index in [9.17, 15) is 0 Å². The van der Waals surface area contributed by atoms with E-state index in [4.69, 9.17) is 10.00 Å². The lowest BCUT2D eigenvalue weighted by Gasteiger charge is -2.07. The van der Waals surface area contributed by atoms with E-state index in [0.717, 1.165) is 17.1 Å². The fraction of sp³-hybridized carbons (Fsp3) is 0.167. The van der Waals surface area contributed by atoms with Crippen molar-refractivity contribution in [2.75, 3.05) is 7.11 Å². The first kappa shape index (κ1) is 10.2. The fourth-order valence-electron chi connectivity index (χ4n) is 1.60.